The van der Waals surface area contributed by atoms with E-state index in [0.29, 0.717) is 30.3 Å². The largest absolute Gasteiger partial charge is 0.475 e. The molecule has 1 saturated heterocycles. The van der Waals surface area contributed by atoms with Crippen LogP contribution in [0.5, 0.6) is 5.88 Å². The zero-order chi connectivity index (χ0) is 26.6. The van der Waals surface area contributed by atoms with Gasteiger partial charge in [-0.3, -0.25) is 9.78 Å². The van der Waals surface area contributed by atoms with Crippen LogP contribution in [0.4, 0.5) is 14.5 Å². The van der Waals surface area contributed by atoms with Crippen LogP contribution in [0.2, 0.25) is 0 Å². The zero-order valence-electron chi connectivity index (χ0n) is 20.6. The number of benzene rings is 1. The van der Waals surface area contributed by atoms with Gasteiger partial charge in [0.25, 0.3) is 11.8 Å². The van der Waals surface area contributed by atoms with E-state index in [1.807, 2.05) is 19.1 Å². The number of rotatable bonds is 8. The van der Waals surface area contributed by atoms with Crippen LogP contribution >= 0.6 is 0 Å². The quantitative estimate of drug-likeness (QED) is 0.416. The Morgan fingerprint density at radius 1 is 1.24 bits per heavy atom. The molecule has 1 aliphatic heterocycles. The monoisotopic (exact) mass is 513 g/mol. The Kier molecular flexibility index (Phi) is 8.11. The molecular weight excluding hydrogens is 484 g/mol. The van der Waals surface area contributed by atoms with Crippen LogP contribution in [0, 0.1) is 6.92 Å². The van der Waals surface area contributed by atoms with Crippen molar-refractivity contribution in [3.63, 3.8) is 0 Å². The molecule has 8 nitrogen and oxygen atoms in total. The third-order valence-electron chi connectivity index (χ3n) is 6.15. The van der Waals surface area contributed by atoms with Gasteiger partial charge < -0.3 is 25.0 Å². The van der Waals surface area contributed by atoms with Gasteiger partial charge in [0, 0.05) is 43.0 Å². The van der Waals surface area contributed by atoms with E-state index in [4.69, 9.17) is 9.47 Å². The van der Waals surface area contributed by atoms with Gasteiger partial charge in [-0.1, -0.05) is 6.07 Å². The lowest BCUT2D eigenvalue weighted by atomic mass is 9.91. The van der Waals surface area contributed by atoms with Crippen LogP contribution < -0.4 is 10.1 Å². The molecule has 1 aliphatic rings. The van der Waals surface area contributed by atoms with Crippen molar-refractivity contribution in [2.75, 3.05) is 31.7 Å². The number of carbonyl (C=O) groups is 1. The van der Waals surface area contributed by atoms with Crippen LogP contribution in [0.1, 0.15) is 46.6 Å². The normalized spacial score (nSPS) is 17.9. The maximum Gasteiger partial charge on any atom is 0.286 e. The van der Waals surface area contributed by atoms with Gasteiger partial charge in [0.2, 0.25) is 5.88 Å². The van der Waals surface area contributed by atoms with E-state index < -0.39 is 23.6 Å². The lowest BCUT2D eigenvalue weighted by Gasteiger charge is -2.28. The van der Waals surface area contributed by atoms with Crippen LogP contribution in [-0.2, 0) is 10.7 Å². The molecule has 2 atom stereocenters. The molecule has 2 unspecified atom stereocenters. The molecule has 1 aromatic carbocycles. The third-order valence-corrected chi connectivity index (χ3v) is 6.15. The van der Waals surface area contributed by atoms with Crippen molar-refractivity contribution in [3.8, 4) is 17.0 Å². The van der Waals surface area contributed by atoms with Gasteiger partial charge in [-0.15, -0.1) is 0 Å². The lowest BCUT2D eigenvalue weighted by molar-refractivity contribution is -0.0215. The number of nitrogens with one attached hydrogen (secondary N) is 1. The number of carbonyl (C=O) groups excluding carboxylic acids is 1. The maximum absolute atomic E-state index is 13.7. The number of halogens is 2. The summed E-state index contributed by atoms with van der Waals surface area (Å²) in [7, 11) is 0. The maximum atomic E-state index is 13.7. The van der Waals surface area contributed by atoms with Gasteiger partial charge in [-0.25, -0.2) is 4.98 Å². The van der Waals surface area contributed by atoms with E-state index in [1.54, 1.807) is 18.2 Å². The molecular formula is C27H29F2N3O5. The van der Waals surface area contributed by atoms with Gasteiger partial charge in [-0.2, -0.15) is 8.78 Å². The minimum atomic E-state index is -3.17. The van der Waals surface area contributed by atoms with Gasteiger partial charge in [0.1, 0.15) is 12.3 Å². The molecule has 4 rings (SSSR count). The SMILES string of the molecule is Cc1ccc(NC(=O)c2ccnc(C(C)(F)F)c2)cc1-c1cc(OCCO)nc(C2CCOCC2O)c1. The first kappa shape index (κ1) is 26.6. The Hall–Kier alpha value is -3.47. The third kappa shape index (κ3) is 6.46. The second-order valence-corrected chi connectivity index (χ2v) is 9.03. The molecule has 3 N–H and O–H groups in total. The molecule has 2 aromatic heterocycles. The summed E-state index contributed by atoms with van der Waals surface area (Å²) in [6, 6.07) is 11.4. The number of amides is 1. The molecule has 10 heteroatoms. The summed E-state index contributed by atoms with van der Waals surface area (Å²) in [6.07, 6.45) is 1.06. The van der Waals surface area contributed by atoms with E-state index >= 15 is 0 Å². The Morgan fingerprint density at radius 2 is 2.05 bits per heavy atom. The number of aliphatic hydroxyl groups is 2. The number of ether oxygens (including phenoxy) is 2. The van der Waals surface area contributed by atoms with Crippen molar-refractivity contribution < 1.29 is 33.3 Å². The van der Waals surface area contributed by atoms with Gasteiger partial charge in [0.15, 0.2) is 0 Å². The summed E-state index contributed by atoms with van der Waals surface area (Å²) >= 11 is 0. The standard InChI is InChI=1S/C27H29F2N3O5/c1-16-3-4-19(31-26(35)17-5-7-30-24(12-17)27(2,28)29)14-21(16)18-11-22(20-6-9-36-15-23(20)34)32-25(13-18)37-10-8-33/h3-5,7,11-14,20,23,33-34H,6,8-10,15H2,1-2H3,(H,31,35). The molecule has 1 fully saturated rings. The summed E-state index contributed by atoms with van der Waals surface area (Å²) < 4.78 is 38.3. The highest BCUT2D eigenvalue weighted by molar-refractivity contribution is 6.04. The highest BCUT2D eigenvalue weighted by atomic mass is 19.3. The Morgan fingerprint density at radius 3 is 2.78 bits per heavy atom. The molecule has 196 valence electrons. The number of aliphatic hydroxyl groups excluding tert-OH is 2. The topological polar surface area (TPSA) is 114 Å². The molecule has 0 spiro atoms. The van der Waals surface area contributed by atoms with E-state index in [9.17, 15) is 23.8 Å². The fourth-order valence-electron chi connectivity index (χ4n) is 4.19. The summed E-state index contributed by atoms with van der Waals surface area (Å²) in [5.41, 5.74) is 3.13. The van der Waals surface area contributed by atoms with Crippen molar-refractivity contribution in [1.29, 1.82) is 0 Å². The van der Waals surface area contributed by atoms with E-state index in [0.717, 1.165) is 29.7 Å². The van der Waals surface area contributed by atoms with Gasteiger partial charge in [-0.05, 0) is 60.4 Å². The number of anilines is 1. The van der Waals surface area contributed by atoms with Crippen LogP contribution in [0.25, 0.3) is 11.1 Å². The number of hydrogen-bond acceptors (Lipinski definition) is 7. The van der Waals surface area contributed by atoms with Crippen molar-refractivity contribution in [2.45, 2.75) is 38.2 Å². The van der Waals surface area contributed by atoms with Crippen LogP contribution in [-0.4, -0.2) is 58.6 Å². The first-order chi connectivity index (χ1) is 17.7. The summed E-state index contributed by atoms with van der Waals surface area (Å²) in [5, 5.41) is 22.4. The predicted octanol–water partition coefficient (Wildman–Crippen LogP) is 4.05. The Balaban J connectivity index is 1.66. The number of aryl methyl sites for hydroxylation is 1. The molecule has 0 bridgehead atoms. The molecule has 0 saturated carbocycles. The minimum absolute atomic E-state index is 0.0615. The number of alkyl halides is 2. The first-order valence-corrected chi connectivity index (χ1v) is 11.9. The fraction of sp³-hybridized carbons (Fsp3) is 0.370. The van der Waals surface area contributed by atoms with Crippen molar-refractivity contribution in [2.24, 2.45) is 0 Å². The van der Waals surface area contributed by atoms with E-state index in [-0.39, 0.29) is 31.3 Å². The highest BCUT2D eigenvalue weighted by Gasteiger charge is 2.28. The number of nitrogens with zero attached hydrogens (tertiary/aromatic N) is 2. The molecule has 1 amide bonds. The molecule has 0 aliphatic carbocycles. The van der Waals surface area contributed by atoms with Crippen molar-refractivity contribution in [1.82, 2.24) is 9.97 Å². The summed E-state index contributed by atoms with van der Waals surface area (Å²) in [5.74, 6) is -3.65. The number of aromatic nitrogens is 2. The summed E-state index contributed by atoms with van der Waals surface area (Å²) in [6.45, 7) is 3.24. The minimum Gasteiger partial charge on any atom is -0.475 e. The Bertz CT molecular complexity index is 1270. The highest BCUT2D eigenvalue weighted by Crippen LogP contribution is 2.34. The van der Waals surface area contributed by atoms with E-state index in [1.165, 1.54) is 12.3 Å². The number of pyridine rings is 2. The van der Waals surface area contributed by atoms with Gasteiger partial charge >= 0.3 is 0 Å². The average molecular weight is 514 g/mol. The molecule has 3 aromatic rings. The number of hydrogen-bond donors (Lipinski definition) is 3. The predicted molar refractivity (Wildman–Crippen MR) is 133 cm³/mol. The summed E-state index contributed by atoms with van der Waals surface area (Å²) in [4.78, 5) is 21.0. The second-order valence-electron chi connectivity index (χ2n) is 9.03. The Labute approximate surface area is 213 Å². The lowest BCUT2D eigenvalue weighted by Crippen LogP contribution is -2.31. The smallest absolute Gasteiger partial charge is 0.286 e. The van der Waals surface area contributed by atoms with Crippen LogP contribution in [0.3, 0.4) is 0 Å². The zero-order valence-corrected chi connectivity index (χ0v) is 20.6. The molecule has 0 radical (unpaired) electrons. The van der Waals surface area contributed by atoms with Crippen molar-refractivity contribution in [3.05, 3.63) is 71.2 Å². The average Bonchev–Trinajstić information content (AvgIpc) is 2.88. The van der Waals surface area contributed by atoms with E-state index in [2.05, 4.69) is 15.3 Å². The molecule has 3 heterocycles. The molecule has 37 heavy (non-hydrogen) atoms. The first-order valence-electron chi connectivity index (χ1n) is 11.9. The van der Waals surface area contributed by atoms with Crippen LogP contribution in [0.15, 0.2) is 48.7 Å². The van der Waals surface area contributed by atoms with Gasteiger partial charge in [0.05, 0.1) is 25.0 Å². The van der Waals surface area contributed by atoms with Crippen molar-refractivity contribution >= 4 is 11.6 Å². The fourth-order valence-corrected chi connectivity index (χ4v) is 4.19. The second kappa shape index (κ2) is 11.3.